The molecule has 152 valence electrons. The summed E-state index contributed by atoms with van der Waals surface area (Å²) in [5.41, 5.74) is 6.84. The Balaban J connectivity index is 0.00000280. The molecule has 1 amide bonds. The van der Waals surface area contributed by atoms with Crippen LogP contribution in [-0.4, -0.2) is 54.5 Å². The van der Waals surface area contributed by atoms with Gasteiger partial charge in [0.15, 0.2) is 11.1 Å². The van der Waals surface area contributed by atoms with Crippen molar-refractivity contribution in [3.63, 3.8) is 0 Å². The van der Waals surface area contributed by atoms with Crippen LogP contribution in [0.4, 0.5) is 10.8 Å². The average Bonchev–Trinajstić information content (AvgIpc) is 3.22. The Kier molecular flexibility index (Phi) is 9.26. The standard InChI is InChI=1S/C18H23ClN6OS.HI/c19-14-3-5-15(6-4-14)23-16(26)2-1-7-21-17(20)24-9-11-25(12-10-24)18-22-8-13-27-18;/h3-6,8,13H,1-2,7,9-12H2,(H2,20,21)(H,23,26);1H. The van der Waals surface area contributed by atoms with Crippen molar-refractivity contribution >= 4 is 69.6 Å². The highest BCUT2D eigenvalue weighted by Crippen LogP contribution is 2.18. The summed E-state index contributed by atoms with van der Waals surface area (Å²) >= 11 is 7.48. The molecule has 0 spiro atoms. The van der Waals surface area contributed by atoms with E-state index in [0.717, 1.165) is 37.0 Å². The molecule has 1 aromatic heterocycles. The highest BCUT2D eigenvalue weighted by molar-refractivity contribution is 14.0. The fourth-order valence-electron chi connectivity index (χ4n) is 2.79. The van der Waals surface area contributed by atoms with Crippen LogP contribution in [0.3, 0.4) is 0 Å². The lowest BCUT2D eigenvalue weighted by molar-refractivity contribution is -0.116. The second-order valence-corrected chi connectivity index (χ2v) is 7.50. The summed E-state index contributed by atoms with van der Waals surface area (Å²) in [5, 5.41) is 6.52. The topological polar surface area (TPSA) is 86.8 Å². The van der Waals surface area contributed by atoms with Crippen LogP contribution < -0.4 is 16.0 Å². The molecule has 28 heavy (non-hydrogen) atoms. The van der Waals surface area contributed by atoms with E-state index in [1.807, 2.05) is 11.6 Å². The first kappa shape index (κ1) is 22.7. The van der Waals surface area contributed by atoms with Gasteiger partial charge in [-0.15, -0.1) is 35.3 Å². The third kappa shape index (κ3) is 6.78. The fraction of sp³-hybridized carbons (Fsp3) is 0.389. The fourth-order valence-corrected chi connectivity index (χ4v) is 3.61. The van der Waals surface area contributed by atoms with Gasteiger partial charge in [0.05, 0.1) is 0 Å². The van der Waals surface area contributed by atoms with Crippen molar-refractivity contribution in [3.8, 4) is 0 Å². The normalized spacial score (nSPS) is 14.5. The first-order chi connectivity index (χ1) is 13.1. The molecule has 1 fully saturated rings. The van der Waals surface area contributed by atoms with Crippen LogP contribution in [0, 0.1) is 0 Å². The van der Waals surface area contributed by atoms with E-state index in [-0.39, 0.29) is 29.9 Å². The quantitative estimate of drug-likeness (QED) is 0.257. The number of aromatic nitrogens is 1. The molecule has 0 radical (unpaired) electrons. The van der Waals surface area contributed by atoms with Gasteiger partial charge >= 0.3 is 0 Å². The number of nitrogens with two attached hydrogens (primary N) is 1. The van der Waals surface area contributed by atoms with E-state index >= 15 is 0 Å². The summed E-state index contributed by atoms with van der Waals surface area (Å²) in [7, 11) is 0. The molecule has 1 aliphatic heterocycles. The summed E-state index contributed by atoms with van der Waals surface area (Å²) in [6, 6.07) is 7.05. The smallest absolute Gasteiger partial charge is 0.224 e. The zero-order valence-corrected chi connectivity index (χ0v) is 19.3. The SMILES string of the molecule is I.NC(=NCCCC(=O)Nc1ccc(Cl)cc1)N1CCN(c2nccs2)CC1. The molecular weight excluding hydrogens is 511 g/mol. The van der Waals surface area contributed by atoms with Gasteiger partial charge in [0.25, 0.3) is 0 Å². The Hall–Kier alpha value is -1.59. The predicted molar refractivity (Wildman–Crippen MR) is 127 cm³/mol. The van der Waals surface area contributed by atoms with E-state index in [2.05, 4.69) is 25.1 Å². The number of piperazine rings is 1. The molecule has 10 heteroatoms. The van der Waals surface area contributed by atoms with Gasteiger partial charge in [-0.05, 0) is 30.7 Å². The lowest BCUT2D eigenvalue weighted by Crippen LogP contribution is -2.51. The Bertz CT molecular complexity index is 763. The maximum Gasteiger partial charge on any atom is 0.224 e. The summed E-state index contributed by atoms with van der Waals surface area (Å²) < 4.78 is 0. The van der Waals surface area contributed by atoms with E-state index in [4.69, 9.17) is 17.3 Å². The number of carbonyl (C=O) groups excluding carboxylic acids is 1. The van der Waals surface area contributed by atoms with Crippen LogP contribution in [0.2, 0.25) is 5.02 Å². The lowest BCUT2D eigenvalue weighted by Gasteiger charge is -2.35. The van der Waals surface area contributed by atoms with Gasteiger partial charge in [-0.2, -0.15) is 0 Å². The largest absolute Gasteiger partial charge is 0.370 e. The Morgan fingerprint density at radius 2 is 1.96 bits per heavy atom. The van der Waals surface area contributed by atoms with Crippen molar-refractivity contribution in [1.29, 1.82) is 0 Å². The number of amides is 1. The maximum atomic E-state index is 11.9. The minimum Gasteiger partial charge on any atom is -0.370 e. The molecule has 2 aromatic rings. The van der Waals surface area contributed by atoms with Crippen molar-refractivity contribution in [2.75, 3.05) is 42.9 Å². The van der Waals surface area contributed by atoms with E-state index in [1.165, 1.54) is 0 Å². The first-order valence-corrected chi connectivity index (χ1v) is 10.1. The molecule has 0 aliphatic carbocycles. The average molecular weight is 535 g/mol. The van der Waals surface area contributed by atoms with Crippen molar-refractivity contribution in [2.24, 2.45) is 10.7 Å². The number of halogens is 2. The third-order valence-corrected chi connectivity index (χ3v) is 5.34. The Morgan fingerprint density at radius 3 is 2.61 bits per heavy atom. The number of benzene rings is 1. The van der Waals surface area contributed by atoms with Gasteiger partial charge in [-0.3, -0.25) is 9.79 Å². The number of hydrogen-bond donors (Lipinski definition) is 2. The molecule has 1 aliphatic rings. The number of nitrogens with zero attached hydrogens (tertiary/aromatic N) is 4. The van der Waals surface area contributed by atoms with Gasteiger partial charge in [-0.1, -0.05) is 11.6 Å². The number of thiazole rings is 1. The molecule has 7 nitrogen and oxygen atoms in total. The molecule has 0 saturated carbocycles. The molecule has 3 N–H and O–H groups in total. The minimum atomic E-state index is -0.0387. The first-order valence-electron chi connectivity index (χ1n) is 8.86. The van der Waals surface area contributed by atoms with Crippen LogP contribution in [0.25, 0.3) is 0 Å². The van der Waals surface area contributed by atoms with Crippen LogP contribution in [0.15, 0.2) is 40.8 Å². The predicted octanol–water partition coefficient (Wildman–Crippen LogP) is 3.27. The molecule has 0 atom stereocenters. The van der Waals surface area contributed by atoms with Crippen molar-refractivity contribution in [3.05, 3.63) is 40.9 Å². The molecular formula is C18H24ClIN6OS. The molecule has 0 unspecified atom stereocenters. The highest BCUT2D eigenvalue weighted by Gasteiger charge is 2.19. The third-order valence-electron chi connectivity index (χ3n) is 4.26. The molecule has 1 saturated heterocycles. The van der Waals surface area contributed by atoms with Gasteiger partial charge in [0.2, 0.25) is 5.91 Å². The zero-order chi connectivity index (χ0) is 19.1. The Labute approximate surface area is 191 Å². The molecule has 0 bridgehead atoms. The van der Waals surface area contributed by atoms with Crippen molar-refractivity contribution < 1.29 is 4.79 Å². The van der Waals surface area contributed by atoms with Gasteiger partial charge < -0.3 is 20.9 Å². The van der Waals surface area contributed by atoms with Gasteiger partial charge in [0.1, 0.15) is 0 Å². The number of guanidine groups is 1. The number of aliphatic imine (C=N–C) groups is 1. The monoisotopic (exact) mass is 534 g/mol. The molecule has 3 rings (SSSR count). The van der Waals surface area contributed by atoms with E-state index < -0.39 is 0 Å². The van der Waals surface area contributed by atoms with E-state index in [0.29, 0.717) is 30.4 Å². The second-order valence-electron chi connectivity index (χ2n) is 6.19. The maximum absolute atomic E-state index is 11.9. The lowest BCUT2D eigenvalue weighted by atomic mass is 10.2. The van der Waals surface area contributed by atoms with E-state index in [9.17, 15) is 4.79 Å². The summed E-state index contributed by atoms with van der Waals surface area (Å²) in [6.07, 6.45) is 2.88. The molecule has 2 heterocycles. The number of nitrogens with one attached hydrogen (secondary N) is 1. The number of carbonyl (C=O) groups is 1. The summed E-state index contributed by atoms with van der Waals surface area (Å²) in [6.45, 7) is 3.95. The summed E-state index contributed by atoms with van der Waals surface area (Å²) in [5.74, 6) is 0.509. The van der Waals surface area contributed by atoms with E-state index in [1.54, 1.807) is 35.6 Å². The van der Waals surface area contributed by atoms with Crippen LogP contribution >= 0.6 is 46.9 Å². The van der Waals surface area contributed by atoms with Crippen LogP contribution in [0.1, 0.15) is 12.8 Å². The van der Waals surface area contributed by atoms with Crippen molar-refractivity contribution in [1.82, 2.24) is 9.88 Å². The van der Waals surface area contributed by atoms with Crippen LogP contribution in [-0.2, 0) is 4.79 Å². The number of anilines is 2. The number of rotatable bonds is 6. The summed E-state index contributed by atoms with van der Waals surface area (Å²) in [4.78, 5) is 25.0. The highest BCUT2D eigenvalue weighted by atomic mass is 127. The second kappa shape index (κ2) is 11.4. The minimum absolute atomic E-state index is 0. The zero-order valence-electron chi connectivity index (χ0n) is 15.4. The van der Waals surface area contributed by atoms with Crippen LogP contribution in [0.5, 0.6) is 0 Å². The molecule has 1 aromatic carbocycles. The Morgan fingerprint density at radius 1 is 1.25 bits per heavy atom. The van der Waals surface area contributed by atoms with Crippen molar-refractivity contribution in [2.45, 2.75) is 12.8 Å². The number of hydrogen-bond acceptors (Lipinski definition) is 5. The van der Waals surface area contributed by atoms with Gasteiger partial charge in [0, 0.05) is 61.4 Å². The van der Waals surface area contributed by atoms with Gasteiger partial charge in [-0.25, -0.2) is 4.98 Å².